The highest BCUT2D eigenvalue weighted by atomic mass is 32.2. The number of thioether (sulfide) groups is 1. The maximum Gasteiger partial charge on any atom is 0.442 e. The molecule has 3 nitrogen and oxygen atoms in total. The van der Waals surface area contributed by atoms with E-state index >= 15 is 0 Å². The minimum Gasteiger partial charge on any atom is -0.337 e. The van der Waals surface area contributed by atoms with Crippen LogP contribution in [-0.2, 0) is 4.79 Å². The minimum absolute atomic E-state index is 0.0277. The van der Waals surface area contributed by atoms with Gasteiger partial charge in [0.15, 0.2) is 0 Å². The number of amides is 1. The lowest BCUT2D eigenvalue weighted by atomic mass is 10.2. The van der Waals surface area contributed by atoms with Crippen molar-refractivity contribution in [2.24, 2.45) is 0 Å². The standard InChI is InChI=1S/C8H13F3N2OS/c1-6-4-12-2-3-13(6)7(14)5-15-8(9,10)11/h6,12H,2-5H2,1H3. The molecule has 0 aromatic heterocycles. The fraction of sp³-hybridized carbons (Fsp3) is 0.875. The number of nitrogens with zero attached hydrogens (tertiary/aromatic N) is 1. The summed E-state index contributed by atoms with van der Waals surface area (Å²) in [7, 11) is 0. The van der Waals surface area contributed by atoms with Crippen molar-refractivity contribution in [1.29, 1.82) is 0 Å². The van der Waals surface area contributed by atoms with Gasteiger partial charge < -0.3 is 10.2 Å². The summed E-state index contributed by atoms with van der Waals surface area (Å²) in [6, 6.07) is -0.0277. The van der Waals surface area contributed by atoms with E-state index in [0.717, 1.165) is 0 Å². The Hall–Kier alpha value is -0.430. The van der Waals surface area contributed by atoms with E-state index in [1.807, 2.05) is 6.92 Å². The van der Waals surface area contributed by atoms with Gasteiger partial charge in [-0.1, -0.05) is 0 Å². The van der Waals surface area contributed by atoms with Gasteiger partial charge in [-0.05, 0) is 18.7 Å². The summed E-state index contributed by atoms with van der Waals surface area (Å²) >= 11 is -0.274. The van der Waals surface area contributed by atoms with E-state index in [1.165, 1.54) is 4.90 Å². The zero-order chi connectivity index (χ0) is 11.5. The molecular weight excluding hydrogens is 229 g/mol. The highest BCUT2D eigenvalue weighted by Crippen LogP contribution is 2.30. The highest BCUT2D eigenvalue weighted by molar-refractivity contribution is 8.00. The zero-order valence-electron chi connectivity index (χ0n) is 8.30. The fourth-order valence-electron chi connectivity index (χ4n) is 1.44. The van der Waals surface area contributed by atoms with Crippen molar-refractivity contribution in [2.45, 2.75) is 18.5 Å². The Morgan fingerprint density at radius 2 is 2.27 bits per heavy atom. The predicted molar refractivity (Wildman–Crippen MR) is 52.6 cm³/mol. The maximum absolute atomic E-state index is 11.9. The van der Waals surface area contributed by atoms with Crippen molar-refractivity contribution in [3.05, 3.63) is 0 Å². The first-order valence-corrected chi connectivity index (χ1v) is 5.59. The number of halogens is 3. The molecule has 1 saturated heterocycles. The summed E-state index contributed by atoms with van der Waals surface area (Å²) in [5, 5.41) is 3.07. The zero-order valence-corrected chi connectivity index (χ0v) is 9.12. The van der Waals surface area contributed by atoms with Crippen molar-refractivity contribution in [3.8, 4) is 0 Å². The quantitative estimate of drug-likeness (QED) is 0.786. The molecule has 0 radical (unpaired) electrons. The second kappa shape index (κ2) is 5.07. The van der Waals surface area contributed by atoms with E-state index < -0.39 is 17.2 Å². The number of rotatable bonds is 2. The van der Waals surface area contributed by atoms with E-state index in [4.69, 9.17) is 0 Å². The molecule has 1 rings (SSSR count). The molecule has 1 amide bonds. The number of carbonyl (C=O) groups excluding carboxylic acids is 1. The summed E-state index contributed by atoms with van der Waals surface area (Å²) in [5.74, 6) is -0.959. The van der Waals surface area contributed by atoms with Gasteiger partial charge in [0.25, 0.3) is 0 Å². The molecule has 0 spiro atoms. The van der Waals surface area contributed by atoms with Gasteiger partial charge in [-0.25, -0.2) is 0 Å². The fourth-order valence-corrected chi connectivity index (χ4v) is 1.89. The molecule has 7 heteroatoms. The number of nitrogens with one attached hydrogen (secondary N) is 1. The molecule has 0 aromatic carbocycles. The molecule has 15 heavy (non-hydrogen) atoms. The average Bonchev–Trinajstić information content (AvgIpc) is 2.14. The van der Waals surface area contributed by atoms with E-state index in [2.05, 4.69) is 5.32 Å². The summed E-state index contributed by atoms with van der Waals surface area (Å²) < 4.78 is 35.6. The van der Waals surface area contributed by atoms with Crippen LogP contribution in [0.25, 0.3) is 0 Å². The van der Waals surface area contributed by atoms with Crippen LogP contribution in [0.2, 0.25) is 0 Å². The smallest absolute Gasteiger partial charge is 0.337 e. The lowest BCUT2D eigenvalue weighted by Gasteiger charge is -2.34. The third-order valence-electron chi connectivity index (χ3n) is 2.18. The first kappa shape index (κ1) is 12.6. The topological polar surface area (TPSA) is 32.3 Å². The second-order valence-corrected chi connectivity index (χ2v) is 4.41. The largest absolute Gasteiger partial charge is 0.442 e. The van der Waals surface area contributed by atoms with Crippen molar-refractivity contribution < 1.29 is 18.0 Å². The molecule has 0 aliphatic carbocycles. The molecule has 0 aromatic rings. The Balaban J connectivity index is 2.39. The van der Waals surface area contributed by atoms with Gasteiger partial charge in [0, 0.05) is 25.7 Å². The van der Waals surface area contributed by atoms with Crippen LogP contribution in [-0.4, -0.2) is 47.7 Å². The van der Waals surface area contributed by atoms with Crippen molar-refractivity contribution in [1.82, 2.24) is 10.2 Å². The Labute approximate surface area is 90.4 Å². The normalized spacial score (nSPS) is 22.9. The lowest BCUT2D eigenvalue weighted by molar-refractivity contribution is -0.131. The Bertz CT molecular complexity index is 234. The Morgan fingerprint density at radius 1 is 1.60 bits per heavy atom. The van der Waals surface area contributed by atoms with Crippen LogP contribution in [0.3, 0.4) is 0 Å². The molecule has 1 N–H and O–H groups in total. The summed E-state index contributed by atoms with van der Waals surface area (Å²) in [6.45, 7) is 3.59. The van der Waals surface area contributed by atoms with Gasteiger partial charge in [0.05, 0.1) is 5.75 Å². The second-order valence-electron chi connectivity index (χ2n) is 3.37. The number of hydrogen-bond acceptors (Lipinski definition) is 3. The molecule has 1 aliphatic rings. The molecule has 1 atom stereocenters. The Morgan fingerprint density at radius 3 is 2.80 bits per heavy atom. The van der Waals surface area contributed by atoms with Gasteiger partial charge in [-0.15, -0.1) is 0 Å². The minimum atomic E-state index is -4.33. The van der Waals surface area contributed by atoms with E-state index in [0.29, 0.717) is 19.6 Å². The van der Waals surface area contributed by atoms with E-state index in [1.54, 1.807) is 0 Å². The third-order valence-corrected chi connectivity index (χ3v) is 2.90. The van der Waals surface area contributed by atoms with E-state index in [-0.39, 0.29) is 17.8 Å². The van der Waals surface area contributed by atoms with Crippen LogP contribution in [0.4, 0.5) is 13.2 Å². The predicted octanol–water partition coefficient (Wildman–Crippen LogP) is 1.06. The number of piperazine rings is 1. The molecule has 1 heterocycles. The van der Waals surface area contributed by atoms with Crippen molar-refractivity contribution >= 4 is 17.7 Å². The molecule has 0 bridgehead atoms. The van der Waals surface area contributed by atoms with Gasteiger partial charge in [-0.2, -0.15) is 13.2 Å². The SMILES string of the molecule is CC1CNCCN1C(=O)CSC(F)(F)F. The average molecular weight is 242 g/mol. The first-order chi connectivity index (χ1) is 6.90. The summed E-state index contributed by atoms with van der Waals surface area (Å²) in [5.41, 5.74) is -4.33. The van der Waals surface area contributed by atoms with Crippen LogP contribution in [0, 0.1) is 0 Å². The first-order valence-electron chi connectivity index (χ1n) is 4.61. The number of hydrogen-bond donors (Lipinski definition) is 1. The van der Waals surface area contributed by atoms with Gasteiger partial charge >= 0.3 is 5.51 Å². The monoisotopic (exact) mass is 242 g/mol. The van der Waals surface area contributed by atoms with Crippen LogP contribution in [0.5, 0.6) is 0 Å². The lowest BCUT2D eigenvalue weighted by Crippen LogP contribution is -2.52. The molecule has 88 valence electrons. The van der Waals surface area contributed by atoms with Crippen LogP contribution in [0.1, 0.15) is 6.92 Å². The summed E-state index contributed by atoms with van der Waals surface area (Å²) in [4.78, 5) is 12.9. The molecule has 0 saturated carbocycles. The Kier molecular flexibility index (Phi) is 4.27. The molecule has 1 aliphatic heterocycles. The van der Waals surface area contributed by atoms with Gasteiger partial charge in [-0.3, -0.25) is 4.79 Å². The van der Waals surface area contributed by atoms with E-state index in [9.17, 15) is 18.0 Å². The van der Waals surface area contributed by atoms with Crippen molar-refractivity contribution in [2.75, 3.05) is 25.4 Å². The van der Waals surface area contributed by atoms with Crippen molar-refractivity contribution in [3.63, 3.8) is 0 Å². The highest BCUT2D eigenvalue weighted by Gasteiger charge is 2.31. The van der Waals surface area contributed by atoms with Gasteiger partial charge in [0.1, 0.15) is 0 Å². The van der Waals surface area contributed by atoms with Crippen LogP contribution < -0.4 is 5.32 Å². The maximum atomic E-state index is 11.9. The molecule has 1 unspecified atom stereocenters. The summed E-state index contributed by atoms with van der Waals surface area (Å²) in [6.07, 6.45) is 0. The van der Waals surface area contributed by atoms with Crippen LogP contribution in [0.15, 0.2) is 0 Å². The molecule has 1 fully saturated rings. The number of alkyl halides is 3. The third kappa shape index (κ3) is 4.29. The van der Waals surface area contributed by atoms with Gasteiger partial charge in [0.2, 0.25) is 5.91 Å². The number of carbonyl (C=O) groups is 1. The molecular formula is C8H13F3N2OS. The van der Waals surface area contributed by atoms with Crippen LogP contribution >= 0.6 is 11.8 Å².